The van der Waals surface area contributed by atoms with Crippen molar-refractivity contribution in [1.82, 2.24) is 4.98 Å². The van der Waals surface area contributed by atoms with Gasteiger partial charge in [-0.15, -0.1) is 0 Å². The third-order valence-corrected chi connectivity index (χ3v) is 5.34. The third kappa shape index (κ3) is 4.15. The minimum absolute atomic E-state index is 0.131. The molecule has 1 amide bonds. The summed E-state index contributed by atoms with van der Waals surface area (Å²) in [6, 6.07) is 19.3. The van der Waals surface area contributed by atoms with Gasteiger partial charge >= 0.3 is 0 Å². The fraction of sp³-hybridized carbons (Fsp3) is 0.100. The Kier molecular flexibility index (Phi) is 5.14. The van der Waals surface area contributed by atoms with Gasteiger partial charge in [0.2, 0.25) is 5.88 Å². The summed E-state index contributed by atoms with van der Waals surface area (Å²) in [5.41, 5.74) is 1.21. The number of nitrogens with zero attached hydrogens (tertiary/aromatic N) is 2. The SMILES string of the molecule is Cc1ccc([S@](C)(=O)=NC(=O)c2cccnc2Oc2ccccc2)cc1. The van der Waals surface area contributed by atoms with Gasteiger partial charge in [0, 0.05) is 17.3 Å². The summed E-state index contributed by atoms with van der Waals surface area (Å²) in [5.74, 6) is 0.0553. The molecule has 0 spiro atoms. The van der Waals surface area contributed by atoms with Crippen molar-refractivity contribution >= 4 is 15.6 Å². The molecule has 0 aliphatic heterocycles. The first-order valence-corrected chi connectivity index (χ1v) is 9.89. The molecule has 0 radical (unpaired) electrons. The van der Waals surface area contributed by atoms with Crippen LogP contribution < -0.4 is 4.74 Å². The minimum atomic E-state index is -2.87. The van der Waals surface area contributed by atoms with Gasteiger partial charge in [0.05, 0.1) is 9.73 Å². The zero-order chi connectivity index (χ0) is 18.6. The van der Waals surface area contributed by atoms with E-state index in [4.69, 9.17) is 4.74 Å². The summed E-state index contributed by atoms with van der Waals surface area (Å²) in [4.78, 5) is 17.3. The van der Waals surface area contributed by atoms with Crippen LogP contribution in [-0.2, 0) is 9.73 Å². The van der Waals surface area contributed by atoms with E-state index in [1.165, 1.54) is 12.5 Å². The number of amides is 1. The Morgan fingerprint density at radius 2 is 1.69 bits per heavy atom. The summed E-state index contributed by atoms with van der Waals surface area (Å²) in [7, 11) is -2.87. The highest BCUT2D eigenvalue weighted by molar-refractivity contribution is 7.93. The fourth-order valence-electron chi connectivity index (χ4n) is 2.29. The molecule has 0 bridgehead atoms. The maximum atomic E-state index is 12.9. The lowest BCUT2D eigenvalue weighted by molar-refractivity contribution is 0.100. The first kappa shape index (κ1) is 17.8. The molecule has 132 valence electrons. The van der Waals surface area contributed by atoms with Crippen LogP contribution >= 0.6 is 0 Å². The van der Waals surface area contributed by atoms with Gasteiger partial charge in [0.1, 0.15) is 11.3 Å². The number of hydrogen-bond acceptors (Lipinski definition) is 4. The molecule has 2 aromatic carbocycles. The standard InChI is InChI=1S/C20H18N2O3S/c1-15-10-12-17(13-11-15)26(2,24)22-19(23)18-9-6-14-21-20(18)25-16-7-4-3-5-8-16/h3-14H,1-2H3/t26-/m0/s1. The van der Waals surface area contributed by atoms with Crippen molar-refractivity contribution in [2.45, 2.75) is 11.8 Å². The number of rotatable bonds is 4. The normalized spacial score (nSPS) is 12.8. The van der Waals surface area contributed by atoms with Crippen molar-refractivity contribution in [1.29, 1.82) is 0 Å². The van der Waals surface area contributed by atoms with Crippen LogP contribution in [0.25, 0.3) is 0 Å². The average molecular weight is 366 g/mol. The van der Waals surface area contributed by atoms with E-state index in [9.17, 15) is 9.00 Å². The largest absolute Gasteiger partial charge is 0.438 e. The van der Waals surface area contributed by atoms with E-state index in [2.05, 4.69) is 9.35 Å². The van der Waals surface area contributed by atoms with E-state index in [1.54, 1.807) is 36.4 Å². The van der Waals surface area contributed by atoms with Crippen LogP contribution in [0.5, 0.6) is 11.6 Å². The summed E-state index contributed by atoms with van der Waals surface area (Å²) in [6.45, 7) is 1.94. The summed E-state index contributed by atoms with van der Waals surface area (Å²) >= 11 is 0. The highest BCUT2D eigenvalue weighted by atomic mass is 32.2. The first-order chi connectivity index (χ1) is 12.5. The van der Waals surface area contributed by atoms with E-state index in [0.29, 0.717) is 10.6 Å². The molecule has 1 heterocycles. The van der Waals surface area contributed by atoms with Gasteiger partial charge in [-0.3, -0.25) is 4.79 Å². The Morgan fingerprint density at radius 3 is 2.38 bits per heavy atom. The number of benzene rings is 2. The van der Waals surface area contributed by atoms with E-state index >= 15 is 0 Å². The Bertz CT molecular complexity index is 1040. The summed E-state index contributed by atoms with van der Waals surface area (Å²) in [6.07, 6.45) is 2.97. The average Bonchev–Trinajstić information content (AvgIpc) is 2.63. The summed E-state index contributed by atoms with van der Waals surface area (Å²) in [5, 5.41) is 0. The predicted octanol–water partition coefficient (Wildman–Crippen LogP) is 4.48. The summed E-state index contributed by atoms with van der Waals surface area (Å²) < 4.78 is 22.5. The molecule has 26 heavy (non-hydrogen) atoms. The molecule has 6 heteroatoms. The van der Waals surface area contributed by atoms with Crippen LogP contribution in [-0.4, -0.2) is 21.4 Å². The van der Waals surface area contributed by atoms with Crippen LogP contribution in [0, 0.1) is 6.92 Å². The van der Waals surface area contributed by atoms with Crippen molar-refractivity contribution in [3.05, 3.63) is 84.1 Å². The number of aromatic nitrogens is 1. The Balaban J connectivity index is 1.95. The van der Waals surface area contributed by atoms with E-state index in [1.807, 2.05) is 37.3 Å². The molecule has 5 nitrogen and oxygen atoms in total. The second kappa shape index (κ2) is 7.49. The molecule has 0 unspecified atom stereocenters. The van der Waals surface area contributed by atoms with Crippen LogP contribution in [0.2, 0.25) is 0 Å². The monoisotopic (exact) mass is 366 g/mol. The lowest BCUT2D eigenvalue weighted by Crippen LogP contribution is -2.06. The van der Waals surface area contributed by atoms with Crippen molar-refractivity contribution in [2.75, 3.05) is 6.26 Å². The smallest absolute Gasteiger partial charge is 0.290 e. The predicted molar refractivity (Wildman–Crippen MR) is 101 cm³/mol. The molecule has 3 rings (SSSR count). The van der Waals surface area contributed by atoms with E-state index in [0.717, 1.165) is 5.56 Å². The number of pyridine rings is 1. The fourth-order valence-corrected chi connectivity index (χ4v) is 3.45. The third-order valence-electron chi connectivity index (χ3n) is 3.67. The van der Waals surface area contributed by atoms with Gasteiger partial charge in [-0.1, -0.05) is 35.9 Å². The molecule has 0 saturated carbocycles. The number of aryl methyl sites for hydroxylation is 1. The minimum Gasteiger partial charge on any atom is -0.438 e. The maximum Gasteiger partial charge on any atom is 0.290 e. The van der Waals surface area contributed by atoms with Crippen molar-refractivity contribution in [2.24, 2.45) is 4.36 Å². The molecule has 3 aromatic rings. The first-order valence-electron chi connectivity index (χ1n) is 7.97. The van der Waals surface area contributed by atoms with Gasteiger partial charge in [0.25, 0.3) is 5.91 Å². The Hall–Kier alpha value is -2.99. The highest BCUT2D eigenvalue weighted by Gasteiger charge is 2.17. The Labute approximate surface area is 152 Å². The molecular formula is C20H18N2O3S. The quantitative estimate of drug-likeness (QED) is 0.683. The molecule has 0 saturated heterocycles. The zero-order valence-electron chi connectivity index (χ0n) is 14.5. The van der Waals surface area contributed by atoms with Gasteiger partial charge < -0.3 is 4.74 Å². The van der Waals surface area contributed by atoms with Gasteiger partial charge in [-0.25, -0.2) is 9.19 Å². The highest BCUT2D eigenvalue weighted by Crippen LogP contribution is 2.24. The lowest BCUT2D eigenvalue weighted by atomic mass is 10.2. The van der Waals surface area contributed by atoms with Crippen molar-refractivity contribution in [3.8, 4) is 11.6 Å². The molecule has 0 aliphatic carbocycles. The van der Waals surface area contributed by atoms with E-state index in [-0.39, 0.29) is 11.4 Å². The molecular weight excluding hydrogens is 348 g/mol. The zero-order valence-corrected chi connectivity index (χ0v) is 15.3. The number of hydrogen-bond donors (Lipinski definition) is 0. The molecule has 1 atom stereocenters. The number of carbonyl (C=O) groups excluding carboxylic acids is 1. The van der Waals surface area contributed by atoms with Crippen LogP contribution in [0.1, 0.15) is 15.9 Å². The van der Waals surface area contributed by atoms with Gasteiger partial charge in [-0.05, 0) is 43.3 Å². The van der Waals surface area contributed by atoms with Crippen LogP contribution in [0.15, 0.2) is 82.2 Å². The van der Waals surface area contributed by atoms with Crippen LogP contribution in [0.3, 0.4) is 0 Å². The molecule has 0 aliphatic rings. The molecule has 1 aromatic heterocycles. The number of para-hydroxylation sites is 1. The number of carbonyl (C=O) groups is 1. The van der Waals surface area contributed by atoms with Crippen LogP contribution in [0.4, 0.5) is 0 Å². The Morgan fingerprint density at radius 1 is 1.00 bits per heavy atom. The van der Waals surface area contributed by atoms with E-state index < -0.39 is 15.6 Å². The topological polar surface area (TPSA) is 68.6 Å². The van der Waals surface area contributed by atoms with Gasteiger partial charge in [-0.2, -0.15) is 4.36 Å². The maximum absolute atomic E-state index is 12.9. The van der Waals surface area contributed by atoms with Crippen molar-refractivity contribution in [3.63, 3.8) is 0 Å². The van der Waals surface area contributed by atoms with Gasteiger partial charge in [0.15, 0.2) is 0 Å². The van der Waals surface area contributed by atoms with Crippen molar-refractivity contribution < 1.29 is 13.7 Å². The number of ether oxygens (including phenoxy) is 1. The lowest BCUT2D eigenvalue weighted by Gasteiger charge is -2.08. The second-order valence-electron chi connectivity index (χ2n) is 5.78. The molecule has 0 N–H and O–H groups in total. The second-order valence-corrected chi connectivity index (χ2v) is 8.04. The molecule has 0 fully saturated rings.